The van der Waals surface area contributed by atoms with Crippen LogP contribution in [0.3, 0.4) is 0 Å². The number of benzene rings is 2. The third-order valence-electron chi connectivity index (χ3n) is 8.94. The number of carbonyl (C=O) groups is 3. The van der Waals surface area contributed by atoms with E-state index >= 15 is 0 Å². The average molecular weight is 560 g/mol. The zero-order valence-corrected chi connectivity index (χ0v) is 23.7. The number of hydrogen-bond acceptors (Lipinski definition) is 5. The standard InChI is InChI=1S/C32H38FN5O3/c1-32(2)16-27-29(23-12-6-19(33)15-26(23)38(27)28(39)17-32)18-5-11-22(30(34)40)25(14-18)36-20-7-9-21(10-8-20)37-31(41)24-4-3-13-35-24/h5-6,11-12,14-15,20-21,24,35-36H,3-4,7-10,13,16-17H2,1-2H3,(H2,34,40)(H,37,41)/t20?,21?,24-/m1/s1. The molecule has 0 unspecified atom stereocenters. The second-order valence-electron chi connectivity index (χ2n) is 12.7. The van der Waals surface area contributed by atoms with E-state index in [-0.39, 0.29) is 41.2 Å². The van der Waals surface area contributed by atoms with Gasteiger partial charge in [0.1, 0.15) is 5.82 Å². The first kappa shape index (κ1) is 27.4. The maximum atomic E-state index is 14.3. The first-order valence-electron chi connectivity index (χ1n) is 14.7. The van der Waals surface area contributed by atoms with Crippen molar-refractivity contribution in [1.82, 2.24) is 15.2 Å². The van der Waals surface area contributed by atoms with Crippen molar-refractivity contribution in [3.8, 4) is 11.1 Å². The normalized spacial score (nSPS) is 23.8. The number of rotatable bonds is 6. The van der Waals surface area contributed by atoms with Crippen molar-refractivity contribution in [1.29, 1.82) is 0 Å². The van der Waals surface area contributed by atoms with E-state index in [2.05, 4.69) is 29.8 Å². The molecule has 3 aromatic rings. The average Bonchev–Trinajstić information content (AvgIpc) is 3.55. The SMILES string of the molecule is CC1(C)CC(=O)n2c(c(-c3ccc(C(N)=O)c(NC4CCC(NC(=O)[C@H]5CCCN5)CC4)c3)c3ccc(F)cc32)C1. The molecule has 0 bridgehead atoms. The summed E-state index contributed by atoms with van der Waals surface area (Å²) in [7, 11) is 0. The quantitative estimate of drug-likeness (QED) is 0.348. The highest BCUT2D eigenvalue weighted by Gasteiger charge is 2.35. The number of nitrogens with one attached hydrogen (secondary N) is 3. The Bertz CT molecular complexity index is 1530. The molecule has 2 fully saturated rings. The molecule has 2 amide bonds. The third-order valence-corrected chi connectivity index (χ3v) is 8.94. The van der Waals surface area contributed by atoms with Crippen LogP contribution in [0.2, 0.25) is 0 Å². The van der Waals surface area contributed by atoms with Crippen molar-refractivity contribution in [2.24, 2.45) is 11.1 Å². The highest BCUT2D eigenvalue weighted by molar-refractivity contribution is 6.06. The van der Waals surface area contributed by atoms with Crippen LogP contribution in [0.4, 0.5) is 10.1 Å². The minimum Gasteiger partial charge on any atom is -0.382 e. The Morgan fingerprint density at radius 1 is 1.02 bits per heavy atom. The lowest BCUT2D eigenvalue weighted by Crippen LogP contribution is -2.47. The Morgan fingerprint density at radius 3 is 2.49 bits per heavy atom. The zero-order valence-electron chi connectivity index (χ0n) is 23.7. The molecule has 2 aliphatic heterocycles. The summed E-state index contributed by atoms with van der Waals surface area (Å²) in [5.41, 5.74) is 9.74. The predicted octanol–water partition coefficient (Wildman–Crippen LogP) is 4.75. The maximum Gasteiger partial charge on any atom is 0.250 e. The summed E-state index contributed by atoms with van der Waals surface area (Å²) in [5.74, 6) is -0.865. The summed E-state index contributed by atoms with van der Waals surface area (Å²) in [6, 6.07) is 10.3. The smallest absolute Gasteiger partial charge is 0.250 e. The number of fused-ring (bicyclic) bond motifs is 3. The number of hydrogen-bond donors (Lipinski definition) is 4. The molecule has 8 nitrogen and oxygen atoms in total. The van der Waals surface area contributed by atoms with Gasteiger partial charge in [0.05, 0.1) is 17.1 Å². The van der Waals surface area contributed by atoms with E-state index in [9.17, 15) is 18.8 Å². The van der Waals surface area contributed by atoms with Gasteiger partial charge in [-0.3, -0.25) is 19.0 Å². The number of amides is 2. The van der Waals surface area contributed by atoms with Gasteiger partial charge < -0.3 is 21.7 Å². The van der Waals surface area contributed by atoms with E-state index in [1.807, 2.05) is 12.1 Å². The van der Waals surface area contributed by atoms with Crippen LogP contribution < -0.4 is 21.7 Å². The Balaban J connectivity index is 1.29. The Labute approximate surface area is 239 Å². The van der Waals surface area contributed by atoms with E-state index in [4.69, 9.17) is 5.73 Å². The molecular formula is C32H38FN5O3. The second-order valence-corrected chi connectivity index (χ2v) is 12.7. The largest absolute Gasteiger partial charge is 0.382 e. The highest BCUT2D eigenvalue weighted by atomic mass is 19.1. The molecule has 1 saturated carbocycles. The van der Waals surface area contributed by atoms with Crippen LogP contribution in [0, 0.1) is 11.2 Å². The van der Waals surface area contributed by atoms with Gasteiger partial charge in [-0.15, -0.1) is 0 Å². The number of carbonyl (C=O) groups excluding carboxylic acids is 3. The van der Waals surface area contributed by atoms with E-state index in [0.29, 0.717) is 29.6 Å². The van der Waals surface area contributed by atoms with Gasteiger partial charge in [0.2, 0.25) is 11.8 Å². The number of anilines is 1. The van der Waals surface area contributed by atoms with E-state index in [1.165, 1.54) is 12.1 Å². The van der Waals surface area contributed by atoms with Crippen LogP contribution in [0.5, 0.6) is 0 Å². The van der Waals surface area contributed by atoms with Gasteiger partial charge in [0.15, 0.2) is 0 Å². The van der Waals surface area contributed by atoms with Crippen molar-refractivity contribution in [3.05, 3.63) is 53.5 Å². The zero-order chi connectivity index (χ0) is 28.9. The summed E-state index contributed by atoms with van der Waals surface area (Å²) in [6.07, 6.45) is 6.35. The van der Waals surface area contributed by atoms with Crippen LogP contribution in [0.1, 0.15) is 79.6 Å². The summed E-state index contributed by atoms with van der Waals surface area (Å²) in [6.45, 7) is 5.04. The highest BCUT2D eigenvalue weighted by Crippen LogP contribution is 2.43. The lowest BCUT2D eigenvalue weighted by Gasteiger charge is -2.32. The van der Waals surface area contributed by atoms with Gasteiger partial charge >= 0.3 is 0 Å². The molecule has 2 aromatic carbocycles. The molecule has 9 heteroatoms. The molecule has 41 heavy (non-hydrogen) atoms. The lowest BCUT2D eigenvalue weighted by molar-refractivity contribution is -0.123. The van der Waals surface area contributed by atoms with Crippen molar-refractivity contribution < 1.29 is 18.8 Å². The fourth-order valence-corrected chi connectivity index (χ4v) is 6.94. The molecule has 0 spiro atoms. The molecule has 1 aromatic heterocycles. The van der Waals surface area contributed by atoms with Crippen LogP contribution in [0.25, 0.3) is 22.0 Å². The Hall–Kier alpha value is -3.72. The number of aromatic nitrogens is 1. The van der Waals surface area contributed by atoms with Gasteiger partial charge in [-0.1, -0.05) is 19.9 Å². The van der Waals surface area contributed by atoms with E-state index < -0.39 is 5.91 Å². The number of nitrogens with zero attached hydrogens (tertiary/aromatic N) is 1. The first-order chi connectivity index (χ1) is 19.6. The minimum absolute atomic E-state index is 0.0437. The van der Waals surface area contributed by atoms with Gasteiger partial charge in [-0.25, -0.2) is 4.39 Å². The molecular weight excluding hydrogens is 521 g/mol. The number of nitrogens with two attached hydrogens (primary N) is 1. The summed E-state index contributed by atoms with van der Waals surface area (Å²) in [5, 5.41) is 10.8. The van der Waals surface area contributed by atoms with Crippen LogP contribution in [-0.4, -0.2) is 47.0 Å². The first-order valence-corrected chi connectivity index (χ1v) is 14.7. The summed E-state index contributed by atoms with van der Waals surface area (Å²) >= 11 is 0. The number of primary amides is 1. The fourth-order valence-electron chi connectivity index (χ4n) is 6.94. The fraction of sp³-hybridized carbons (Fsp3) is 0.469. The van der Waals surface area contributed by atoms with Gasteiger partial charge in [-0.2, -0.15) is 0 Å². The van der Waals surface area contributed by atoms with Crippen molar-refractivity contribution in [2.45, 2.75) is 83.3 Å². The molecule has 0 radical (unpaired) electrons. The molecule has 216 valence electrons. The maximum absolute atomic E-state index is 14.3. The molecule has 5 N–H and O–H groups in total. The predicted molar refractivity (Wildman–Crippen MR) is 157 cm³/mol. The molecule has 1 saturated heterocycles. The summed E-state index contributed by atoms with van der Waals surface area (Å²) < 4.78 is 16.0. The van der Waals surface area contributed by atoms with Crippen molar-refractivity contribution in [2.75, 3.05) is 11.9 Å². The molecule has 1 atom stereocenters. The lowest BCUT2D eigenvalue weighted by atomic mass is 9.80. The summed E-state index contributed by atoms with van der Waals surface area (Å²) in [4.78, 5) is 38.2. The van der Waals surface area contributed by atoms with Gasteiger partial charge in [0, 0.05) is 40.8 Å². The van der Waals surface area contributed by atoms with Crippen LogP contribution >= 0.6 is 0 Å². The third kappa shape index (κ3) is 5.35. The Kier molecular flexibility index (Phi) is 7.09. The van der Waals surface area contributed by atoms with Crippen molar-refractivity contribution in [3.63, 3.8) is 0 Å². The Morgan fingerprint density at radius 2 is 1.78 bits per heavy atom. The van der Waals surface area contributed by atoms with E-state index in [0.717, 1.165) is 67.3 Å². The van der Waals surface area contributed by atoms with Gasteiger partial charge in [-0.05, 0) is 92.8 Å². The molecule has 6 rings (SSSR count). The van der Waals surface area contributed by atoms with Crippen molar-refractivity contribution >= 4 is 34.3 Å². The molecule has 1 aliphatic carbocycles. The van der Waals surface area contributed by atoms with E-state index in [1.54, 1.807) is 16.7 Å². The minimum atomic E-state index is -0.522. The van der Waals surface area contributed by atoms with Gasteiger partial charge in [0.25, 0.3) is 5.91 Å². The monoisotopic (exact) mass is 559 g/mol. The molecule has 3 heterocycles. The second kappa shape index (κ2) is 10.6. The topological polar surface area (TPSA) is 118 Å². The van der Waals surface area contributed by atoms with Crippen LogP contribution in [-0.2, 0) is 11.2 Å². The molecule has 3 aliphatic rings. The van der Waals surface area contributed by atoms with Crippen LogP contribution in [0.15, 0.2) is 36.4 Å². The number of halogens is 1.